The van der Waals surface area contributed by atoms with Crippen LogP contribution in [-0.2, 0) is 12.4 Å². The van der Waals surface area contributed by atoms with Gasteiger partial charge < -0.3 is 5.11 Å². The minimum absolute atomic E-state index is 0.0225. The van der Waals surface area contributed by atoms with E-state index in [-0.39, 0.29) is 11.6 Å². The summed E-state index contributed by atoms with van der Waals surface area (Å²) >= 11 is 0. The zero-order chi connectivity index (χ0) is 13.3. The van der Waals surface area contributed by atoms with E-state index in [1.165, 1.54) is 0 Å². The number of alkyl halides is 6. The Labute approximate surface area is 92.0 Å². The molecule has 0 aliphatic carbocycles. The van der Waals surface area contributed by atoms with Gasteiger partial charge in [0, 0.05) is 0 Å². The second-order valence-corrected chi connectivity index (χ2v) is 3.15. The molecule has 17 heavy (non-hydrogen) atoms. The second kappa shape index (κ2) is 4.31. The Kier molecular flexibility index (Phi) is 3.40. The van der Waals surface area contributed by atoms with E-state index < -0.39 is 23.5 Å². The fraction of sp³-hybridized carbons (Fsp3) is 0.200. The third kappa shape index (κ3) is 3.40. The molecule has 0 unspecified atom stereocenters. The monoisotopic (exact) mass is 256 g/mol. The number of hydrogen-bond donors (Lipinski definition) is 1. The van der Waals surface area contributed by atoms with Crippen molar-refractivity contribution in [2.45, 2.75) is 12.4 Å². The minimum atomic E-state index is -4.88. The van der Waals surface area contributed by atoms with Crippen LogP contribution in [0.1, 0.15) is 16.7 Å². The topological polar surface area (TPSA) is 20.2 Å². The van der Waals surface area contributed by atoms with Crippen molar-refractivity contribution in [2.75, 3.05) is 0 Å². The first-order valence-corrected chi connectivity index (χ1v) is 4.25. The summed E-state index contributed by atoms with van der Waals surface area (Å²) in [7, 11) is 0. The lowest BCUT2D eigenvalue weighted by atomic mass is 10.0. The molecule has 94 valence electrons. The molecule has 0 bridgehead atoms. The maximum absolute atomic E-state index is 12.3. The fourth-order valence-electron chi connectivity index (χ4n) is 1.16. The molecule has 0 aliphatic heterocycles. The van der Waals surface area contributed by atoms with Crippen molar-refractivity contribution in [3.05, 3.63) is 41.2 Å². The van der Waals surface area contributed by atoms with Gasteiger partial charge in [-0.2, -0.15) is 26.3 Å². The van der Waals surface area contributed by atoms with Crippen molar-refractivity contribution < 1.29 is 31.4 Å². The van der Waals surface area contributed by atoms with Gasteiger partial charge in [0.05, 0.1) is 17.4 Å². The van der Waals surface area contributed by atoms with E-state index in [2.05, 4.69) is 0 Å². The number of aliphatic hydroxyl groups is 1. The van der Waals surface area contributed by atoms with Crippen LogP contribution in [0.15, 0.2) is 24.5 Å². The van der Waals surface area contributed by atoms with E-state index >= 15 is 0 Å². The normalized spacial score (nSPS) is 13.3. The van der Waals surface area contributed by atoms with Crippen molar-refractivity contribution in [3.63, 3.8) is 0 Å². The largest absolute Gasteiger partial charge is 0.516 e. The van der Waals surface area contributed by atoms with Crippen LogP contribution in [0.2, 0.25) is 0 Å². The SMILES string of the molecule is O/C=C/c1cc(C(F)(F)F)cc(C(F)(F)F)c1. The van der Waals surface area contributed by atoms with Gasteiger partial charge in [-0.1, -0.05) is 0 Å². The Morgan fingerprint density at radius 2 is 1.24 bits per heavy atom. The first-order chi connectivity index (χ1) is 7.64. The number of rotatable bonds is 1. The lowest BCUT2D eigenvalue weighted by molar-refractivity contribution is -0.143. The Balaban J connectivity index is 3.39. The molecule has 1 aromatic rings. The van der Waals surface area contributed by atoms with E-state index in [1.807, 2.05) is 0 Å². The summed E-state index contributed by atoms with van der Waals surface area (Å²) in [5.74, 6) is 0. The smallest absolute Gasteiger partial charge is 0.416 e. The van der Waals surface area contributed by atoms with E-state index in [4.69, 9.17) is 5.11 Å². The molecule has 1 rings (SSSR count). The molecule has 0 heterocycles. The van der Waals surface area contributed by atoms with Crippen LogP contribution in [-0.4, -0.2) is 5.11 Å². The van der Waals surface area contributed by atoms with Gasteiger partial charge in [-0.15, -0.1) is 0 Å². The predicted molar refractivity (Wildman–Crippen MR) is 48.1 cm³/mol. The van der Waals surface area contributed by atoms with Crippen LogP contribution < -0.4 is 0 Å². The highest BCUT2D eigenvalue weighted by Gasteiger charge is 2.36. The minimum Gasteiger partial charge on any atom is -0.516 e. The number of aliphatic hydroxyl groups excluding tert-OH is 1. The molecule has 0 radical (unpaired) electrons. The standard InChI is InChI=1S/C10H6F6O/c11-9(12,13)7-3-6(1-2-17)4-8(5-7)10(14,15)16/h1-5,17H/b2-1+. The molecule has 1 nitrogen and oxygen atoms in total. The maximum atomic E-state index is 12.3. The van der Waals surface area contributed by atoms with Crippen LogP contribution in [0.25, 0.3) is 6.08 Å². The molecule has 0 atom stereocenters. The Morgan fingerprint density at radius 1 is 0.824 bits per heavy atom. The summed E-state index contributed by atoms with van der Waals surface area (Å²) < 4.78 is 73.9. The van der Waals surface area contributed by atoms with E-state index in [0.717, 1.165) is 6.08 Å². The van der Waals surface area contributed by atoms with Crippen LogP contribution >= 0.6 is 0 Å². The summed E-state index contributed by atoms with van der Waals surface area (Å²) in [6, 6.07) is 1.05. The summed E-state index contributed by atoms with van der Waals surface area (Å²) in [5, 5.41) is 8.36. The van der Waals surface area contributed by atoms with Gasteiger partial charge in [-0.05, 0) is 29.8 Å². The molecule has 0 aromatic heterocycles. The Hall–Kier alpha value is -1.66. The van der Waals surface area contributed by atoms with Crippen LogP contribution in [0.5, 0.6) is 0 Å². The lowest BCUT2D eigenvalue weighted by Gasteiger charge is -2.12. The van der Waals surface area contributed by atoms with Gasteiger partial charge in [0.15, 0.2) is 0 Å². The summed E-state index contributed by atoms with van der Waals surface area (Å²) in [4.78, 5) is 0. The average Bonchev–Trinajstić information content (AvgIpc) is 2.15. The highest BCUT2D eigenvalue weighted by molar-refractivity contribution is 5.52. The molecule has 7 heteroatoms. The van der Waals surface area contributed by atoms with Gasteiger partial charge >= 0.3 is 12.4 Å². The van der Waals surface area contributed by atoms with Gasteiger partial charge in [0.1, 0.15) is 0 Å². The predicted octanol–water partition coefficient (Wildman–Crippen LogP) is 4.25. The molecule has 0 saturated carbocycles. The fourth-order valence-corrected chi connectivity index (χ4v) is 1.16. The van der Waals surface area contributed by atoms with Gasteiger partial charge in [-0.25, -0.2) is 0 Å². The molecule has 1 aromatic carbocycles. The van der Waals surface area contributed by atoms with Gasteiger partial charge in [0.25, 0.3) is 0 Å². The molecule has 0 amide bonds. The Bertz CT molecular complexity index is 397. The molecule has 0 spiro atoms. The molecule has 0 saturated heterocycles. The second-order valence-electron chi connectivity index (χ2n) is 3.15. The van der Waals surface area contributed by atoms with E-state index in [1.54, 1.807) is 0 Å². The highest BCUT2D eigenvalue weighted by atomic mass is 19.4. The molecule has 1 N–H and O–H groups in total. The van der Waals surface area contributed by atoms with Crippen molar-refractivity contribution in [3.8, 4) is 0 Å². The first kappa shape index (κ1) is 13.4. The number of halogens is 6. The van der Waals surface area contributed by atoms with Gasteiger partial charge in [0.2, 0.25) is 0 Å². The summed E-state index contributed by atoms with van der Waals surface area (Å²) in [6.45, 7) is 0. The van der Waals surface area contributed by atoms with Crippen LogP contribution in [0.4, 0.5) is 26.3 Å². The molecule has 0 aliphatic rings. The number of hydrogen-bond acceptors (Lipinski definition) is 1. The zero-order valence-corrected chi connectivity index (χ0v) is 8.10. The van der Waals surface area contributed by atoms with E-state index in [0.29, 0.717) is 18.4 Å². The summed E-state index contributed by atoms with van der Waals surface area (Å²) in [6.07, 6.45) is -8.64. The third-order valence-corrected chi connectivity index (χ3v) is 1.88. The third-order valence-electron chi connectivity index (χ3n) is 1.88. The molecule has 0 fully saturated rings. The average molecular weight is 256 g/mol. The van der Waals surface area contributed by atoms with Crippen molar-refractivity contribution >= 4 is 6.08 Å². The lowest BCUT2D eigenvalue weighted by Crippen LogP contribution is -2.11. The van der Waals surface area contributed by atoms with Crippen molar-refractivity contribution in [2.24, 2.45) is 0 Å². The maximum Gasteiger partial charge on any atom is 0.416 e. The van der Waals surface area contributed by atoms with Crippen molar-refractivity contribution in [1.29, 1.82) is 0 Å². The van der Waals surface area contributed by atoms with Crippen LogP contribution in [0, 0.1) is 0 Å². The van der Waals surface area contributed by atoms with Gasteiger partial charge in [-0.3, -0.25) is 0 Å². The molecular formula is C10H6F6O. The molecular weight excluding hydrogens is 250 g/mol. The van der Waals surface area contributed by atoms with Crippen molar-refractivity contribution in [1.82, 2.24) is 0 Å². The van der Waals surface area contributed by atoms with E-state index in [9.17, 15) is 26.3 Å². The quantitative estimate of drug-likeness (QED) is 0.588. The number of benzene rings is 1. The first-order valence-electron chi connectivity index (χ1n) is 4.25. The Morgan fingerprint density at radius 3 is 1.53 bits per heavy atom. The highest BCUT2D eigenvalue weighted by Crippen LogP contribution is 2.36. The zero-order valence-electron chi connectivity index (χ0n) is 8.10. The van der Waals surface area contributed by atoms with Crippen LogP contribution in [0.3, 0.4) is 0 Å². The summed E-state index contributed by atoms with van der Waals surface area (Å²) in [5.41, 5.74) is -3.21.